The number of aromatic nitrogens is 2. The molecule has 43 heavy (non-hydrogen) atoms. The highest BCUT2D eigenvalue weighted by atomic mass is 15.1. The molecule has 1 heterocycles. The van der Waals surface area contributed by atoms with Gasteiger partial charge >= 0.3 is 0 Å². The Morgan fingerprint density at radius 1 is 0.372 bits per heavy atom. The Kier molecular flexibility index (Phi) is 6.12. The van der Waals surface area contributed by atoms with Crippen molar-refractivity contribution < 1.29 is 0 Å². The Bertz CT molecular complexity index is 2130. The van der Waals surface area contributed by atoms with Crippen molar-refractivity contribution in [3.8, 4) is 22.3 Å². The van der Waals surface area contributed by atoms with Crippen LogP contribution in [0.25, 0.3) is 54.6 Å². The van der Waals surface area contributed by atoms with E-state index in [2.05, 4.69) is 160 Å². The van der Waals surface area contributed by atoms with E-state index in [-0.39, 0.29) is 0 Å². The summed E-state index contributed by atoms with van der Waals surface area (Å²) in [5.41, 5.74) is 8.01. The Balaban J connectivity index is 1.45. The first-order valence-electron chi connectivity index (χ1n) is 14.5. The van der Waals surface area contributed by atoms with Crippen LogP contribution < -0.4 is 4.90 Å². The third-order valence-corrected chi connectivity index (χ3v) is 8.22. The van der Waals surface area contributed by atoms with Gasteiger partial charge < -0.3 is 4.90 Å². The molecule has 3 heteroatoms. The molecular formula is C40H27N3. The zero-order valence-electron chi connectivity index (χ0n) is 23.4. The molecule has 7 aromatic carbocycles. The van der Waals surface area contributed by atoms with Gasteiger partial charge in [0.25, 0.3) is 0 Å². The highest BCUT2D eigenvalue weighted by molar-refractivity contribution is 6.24. The first-order chi connectivity index (χ1) is 21.4. The molecule has 202 valence electrons. The maximum absolute atomic E-state index is 4.36. The third kappa shape index (κ3) is 4.22. The standard InChI is InChI=1S/C40H27N3/c1-3-13-29(14-4-1)43(30-15-5-2-6-16-30)38-24-23-37(31-17-7-8-18-32(31)38)40-35-21-11-9-19-33(35)39(28-25-41-27-42-26-28)34-20-10-12-22-36(34)40/h1-27H. The molecule has 3 nitrogen and oxygen atoms in total. The smallest absolute Gasteiger partial charge is 0.115 e. The molecular weight excluding hydrogens is 522 g/mol. The second-order valence-electron chi connectivity index (χ2n) is 10.7. The zero-order valence-corrected chi connectivity index (χ0v) is 23.4. The zero-order chi connectivity index (χ0) is 28.6. The van der Waals surface area contributed by atoms with E-state index in [4.69, 9.17) is 0 Å². The van der Waals surface area contributed by atoms with Crippen molar-refractivity contribution in [1.82, 2.24) is 9.97 Å². The first kappa shape index (κ1) is 25.0. The van der Waals surface area contributed by atoms with Crippen LogP contribution in [0, 0.1) is 0 Å². The molecule has 0 atom stereocenters. The van der Waals surface area contributed by atoms with Crippen molar-refractivity contribution in [3.63, 3.8) is 0 Å². The minimum Gasteiger partial charge on any atom is -0.310 e. The number of fused-ring (bicyclic) bond motifs is 3. The van der Waals surface area contributed by atoms with E-state index in [1.807, 2.05) is 12.4 Å². The highest BCUT2D eigenvalue weighted by Crippen LogP contribution is 2.47. The summed E-state index contributed by atoms with van der Waals surface area (Å²) in [7, 11) is 0. The van der Waals surface area contributed by atoms with Crippen LogP contribution in [-0.2, 0) is 0 Å². The van der Waals surface area contributed by atoms with Crippen LogP contribution in [0.1, 0.15) is 0 Å². The molecule has 8 aromatic rings. The lowest BCUT2D eigenvalue weighted by Crippen LogP contribution is -2.10. The molecule has 0 unspecified atom stereocenters. The van der Waals surface area contributed by atoms with Crippen molar-refractivity contribution in [2.45, 2.75) is 0 Å². The van der Waals surface area contributed by atoms with Gasteiger partial charge in [-0.05, 0) is 68.4 Å². The van der Waals surface area contributed by atoms with Crippen LogP contribution in [0.3, 0.4) is 0 Å². The van der Waals surface area contributed by atoms with Crippen molar-refractivity contribution in [2.75, 3.05) is 4.90 Å². The average molecular weight is 550 g/mol. The Hall–Kier alpha value is -5.80. The van der Waals surface area contributed by atoms with E-state index in [1.54, 1.807) is 6.33 Å². The van der Waals surface area contributed by atoms with Crippen molar-refractivity contribution in [3.05, 3.63) is 164 Å². The van der Waals surface area contributed by atoms with Gasteiger partial charge in [-0.25, -0.2) is 9.97 Å². The fourth-order valence-corrected chi connectivity index (χ4v) is 6.44. The number of hydrogen-bond acceptors (Lipinski definition) is 3. The van der Waals surface area contributed by atoms with Crippen LogP contribution in [0.2, 0.25) is 0 Å². The average Bonchev–Trinajstić information content (AvgIpc) is 3.09. The summed E-state index contributed by atoms with van der Waals surface area (Å²) in [5, 5.41) is 7.20. The summed E-state index contributed by atoms with van der Waals surface area (Å²) < 4.78 is 0. The second-order valence-corrected chi connectivity index (χ2v) is 10.7. The predicted octanol–water partition coefficient (Wildman–Crippen LogP) is 10.7. The van der Waals surface area contributed by atoms with Gasteiger partial charge in [0.1, 0.15) is 6.33 Å². The van der Waals surface area contributed by atoms with E-state index < -0.39 is 0 Å². The summed E-state index contributed by atoms with van der Waals surface area (Å²) in [4.78, 5) is 11.1. The van der Waals surface area contributed by atoms with Crippen molar-refractivity contribution >= 4 is 49.4 Å². The largest absolute Gasteiger partial charge is 0.310 e. The van der Waals surface area contributed by atoms with Crippen molar-refractivity contribution in [2.24, 2.45) is 0 Å². The van der Waals surface area contributed by atoms with Gasteiger partial charge in [0, 0.05) is 40.3 Å². The van der Waals surface area contributed by atoms with E-state index in [9.17, 15) is 0 Å². The molecule has 0 N–H and O–H groups in total. The number of rotatable bonds is 5. The Morgan fingerprint density at radius 2 is 0.814 bits per heavy atom. The normalized spacial score (nSPS) is 11.3. The van der Waals surface area contributed by atoms with Crippen molar-refractivity contribution in [1.29, 1.82) is 0 Å². The van der Waals surface area contributed by atoms with E-state index in [0.29, 0.717) is 0 Å². The summed E-state index contributed by atoms with van der Waals surface area (Å²) in [6, 6.07) is 52.0. The number of nitrogens with zero attached hydrogens (tertiary/aromatic N) is 3. The first-order valence-corrected chi connectivity index (χ1v) is 14.5. The quantitative estimate of drug-likeness (QED) is 0.200. The monoisotopic (exact) mass is 549 g/mol. The molecule has 0 saturated carbocycles. The third-order valence-electron chi connectivity index (χ3n) is 8.22. The number of anilines is 3. The lowest BCUT2D eigenvalue weighted by atomic mass is 9.85. The molecule has 0 fully saturated rings. The predicted molar refractivity (Wildman–Crippen MR) is 180 cm³/mol. The lowest BCUT2D eigenvalue weighted by Gasteiger charge is -2.27. The number of hydrogen-bond donors (Lipinski definition) is 0. The van der Waals surface area contributed by atoms with Gasteiger partial charge in [-0.15, -0.1) is 0 Å². The SMILES string of the molecule is c1ccc(N(c2ccccc2)c2ccc(-c3c4ccccc4c(-c4cncnc4)c4ccccc34)c3ccccc23)cc1. The molecule has 1 aromatic heterocycles. The Morgan fingerprint density at radius 3 is 1.35 bits per heavy atom. The molecule has 0 bridgehead atoms. The minimum atomic E-state index is 1.02. The minimum absolute atomic E-state index is 1.02. The van der Waals surface area contributed by atoms with Gasteiger partial charge in [0.2, 0.25) is 0 Å². The molecule has 0 aliphatic heterocycles. The van der Waals surface area contributed by atoms with Gasteiger partial charge in [0.05, 0.1) is 5.69 Å². The molecule has 8 rings (SSSR count). The van der Waals surface area contributed by atoms with Crippen LogP contribution in [-0.4, -0.2) is 9.97 Å². The summed E-state index contributed by atoms with van der Waals surface area (Å²) in [6.45, 7) is 0. The fraction of sp³-hybridized carbons (Fsp3) is 0. The van der Waals surface area contributed by atoms with Crippen LogP contribution in [0.5, 0.6) is 0 Å². The van der Waals surface area contributed by atoms with Crippen LogP contribution in [0.15, 0.2) is 164 Å². The van der Waals surface area contributed by atoms with Crippen LogP contribution >= 0.6 is 0 Å². The van der Waals surface area contributed by atoms with Gasteiger partial charge in [-0.2, -0.15) is 0 Å². The maximum atomic E-state index is 4.36. The Labute approximate surface area is 250 Å². The highest BCUT2D eigenvalue weighted by Gasteiger charge is 2.21. The van der Waals surface area contributed by atoms with E-state index >= 15 is 0 Å². The van der Waals surface area contributed by atoms with Gasteiger partial charge in [0.15, 0.2) is 0 Å². The molecule has 0 aliphatic carbocycles. The molecule has 0 amide bonds. The summed E-state index contributed by atoms with van der Waals surface area (Å²) >= 11 is 0. The lowest BCUT2D eigenvalue weighted by molar-refractivity contribution is 1.17. The van der Waals surface area contributed by atoms with E-state index in [0.717, 1.165) is 28.2 Å². The number of benzene rings is 7. The second kappa shape index (κ2) is 10.6. The molecule has 0 radical (unpaired) electrons. The topological polar surface area (TPSA) is 29.0 Å². The fourth-order valence-electron chi connectivity index (χ4n) is 6.44. The summed E-state index contributed by atoms with van der Waals surface area (Å²) in [5.74, 6) is 0. The summed E-state index contributed by atoms with van der Waals surface area (Å²) in [6.07, 6.45) is 5.41. The van der Waals surface area contributed by atoms with Gasteiger partial charge in [-0.3, -0.25) is 0 Å². The molecule has 0 saturated heterocycles. The molecule has 0 spiro atoms. The maximum Gasteiger partial charge on any atom is 0.115 e. The molecule has 0 aliphatic rings. The number of para-hydroxylation sites is 2. The van der Waals surface area contributed by atoms with Crippen LogP contribution in [0.4, 0.5) is 17.1 Å². The van der Waals surface area contributed by atoms with Gasteiger partial charge in [-0.1, -0.05) is 115 Å². The van der Waals surface area contributed by atoms with E-state index in [1.165, 1.54) is 43.4 Å².